The lowest BCUT2D eigenvalue weighted by Gasteiger charge is -2.24. The highest BCUT2D eigenvalue weighted by atomic mass is 19.1. The predicted molar refractivity (Wildman–Crippen MR) is 74.9 cm³/mol. The monoisotopic (exact) mass is 279 g/mol. The summed E-state index contributed by atoms with van der Waals surface area (Å²) in [7, 11) is 0. The highest BCUT2D eigenvalue weighted by molar-refractivity contribution is 5.95. The van der Waals surface area contributed by atoms with E-state index in [0.29, 0.717) is 0 Å². The van der Waals surface area contributed by atoms with Crippen LogP contribution in [0.3, 0.4) is 0 Å². The van der Waals surface area contributed by atoms with Crippen LogP contribution in [0.5, 0.6) is 0 Å². The molecule has 1 rings (SSSR count). The fraction of sp³-hybridized carbons (Fsp3) is 0.333. The van der Waals surface area contributed by atoms with Crippen LogP contribution in [-0.2, 0) is 4.79 Å². The van der Waals surface area contributed by atoms with Gasteiger partial charge in [0.1, 0.15) is 5.82 Å². The zero-order valence-electron chi connectivity index (χ0n) is 11.7. The average molecular weight is 279 g/mol. The summed E-state index contributed by atoms with van der Waals surface area (Å²) < 4.78 is 13.8. The highest BCUT2D eigenvalue weighted by Gasteiger charge is 2.19. The number of carboxylic acids is 1. The Morgan fingerprint density at radius 1 is 1.40 bits per heavy atom. The van der Waals surface area contributed by atoms with Crippen LogP contribution in [0.2, 0.25) is 0 Å². The largest absolute Gasteiger partial charge is 0.478 e. The van der Waals surface area contributed by atoms with E-state index >= 15 is 0 Å². The molecule has 0 aliphatic heterocycles. The van der Waals surface area contributed by atoms with Gasteiger partial charge >= 0.3 is 5.97 Å². The Morgan fingerprint density at radius 3 is 2.55 bits per heavy atom. The lowest BCUT2D eigenvalue weighted by atomic mass is 10.0. The Balaban J connectivity index is 2.92. The zero-order valence-corrected chi connectivity index (χ0v) is 11.7. The molecule has 20 heavy (non-hydrogen) atoms. The second-order valence-corrected chi connectivity index (χ2v) is 5.10. The zero-order chi connectivity index (χ0) is 15.3. The molecule has 0 saturated carbocycles. The van der Waals surface area contributed by atoms with Crippen molar-refractivity contribution in [2.24, 2.45) is 0 Å². The third-order valence-electron chi connectivity index (χ3n) is 3.00. The Hall–Kier alpha value is -2.17. The molecular formula is C15H18FNO3. The molecule has 0 unspecified atom stereocenters. The van der Waals surface area contributed by atoms with Crippen LogP contribution in [-0.4, -0.2) is 22.5 Å². The van der Waals surface area contributed by atoms with E-state index in [9.17, 15) is 14.0 Å². The first kappa shape index (κ1) is 15.9. The first-order chi connectivity index (χ1) is 9.25. The number of halogens is 1. The second kappa shape index (κ2) is 6.32. The summed E-state index contributed by atoms with van der Waals surface area (Å²) in [6, 6.07) is 3.94. The van der Waals surface area contributed by atoms with Crippen molar-refractivity contribution in [3.8, 4) is 0 Å². The van der Waals surface area contributed by atoms with Gasteiger partial charge in [0.05, 0.1) is 0 Å². The van der Waals surface area contributed by atoms with Crippen molar-refractivity contribution in [2.75, 3.05) is 0 Å². The Bertz CT molecular complexity index is 550. The fourth-order valence-corrected chi connectivity index (χ4v) is 1.43. The van der Waals surface area contributed by atoms with Gasteiger partial charge in [-0.25, -0.2) is 9.18 Å². The molecule has 1 aromatic rings. The van der Waals surface area contributed by atoms with E-state index < -0.39 is 11.8 Å². The number of aliphatic carboxylic acids is 1. The van der Waals surface area contributed by atoms with Crippen molar-refractivity contribution in [1.29, 1.82) is 0 Å². The molecule has 1 aromatic carbocycles. The minimum atomic E-state index is -1.16. The van der Waals surface area contributed by atoms with Gasteiger partial charge in [-0.15, -0.1) is 0 Å². The first-order valence-electron chi connectivity index (χ1n) is 6.28. The van der Waals surface area contributed by atoms with E-state index in [0.717, 1.165) is 24.6 Å². The maximum Gasteiger partial charge on any atom is 0.328 e. The number of hydrogen-bond donors (Lipinski definition) is 2. The average Bonchev–Trinajstić information content (AvgIpc) is 2.36. The van der Waals surface area contributed by atoms with Gasteiger partial charge < -0.3 is 10.4 Å². The minimum Gasteiger partial charge on any atom is -0.478 e. The Labute approximate surface area is 117 Å². The standard InChI is InChI=1S/C15H18FNO3/c1-4-15(2,3)17-14(20)11-6-5-10(12(16)9-11)7-8-13(18)19/h5-9H,4H2,1-3H3,(H,17,20)(H,18,19). The molecule has 0 aliphatic rings. The third-order valence-corrected chi connectivity index (χ3v) is 3.00. The van der Waals surface area contributed by atoms with Gasteiger partial charge in [0, 0.05) is 22.7 Å². The van der Waals surface area contributed by atoms with Crippen LogP contribution in [0.15, 0.2) is 24.3 Å². The SMILES string of the molecule is CCC(C)(C)NC(=O)c1ccc(C=CC(=O)O)c(F)c1. The maximum absolute atomic E-state index is 13.8. The number of carbonyl (C=O) groups excluding carboxylic acids is 1. The molecule has 0 aromatic heterocycles. The summed E-state index contributed by atoms with van der Waals surface area (Å²) in [5.41, 5.74) is -0.0367. The molecule has 0 atom stereocenters. The van der Waals surface area contributed by atoms with Crippen LogP contribution in [0.25, 0.3) is 6.08 Å². The Kier molecular flexibility index (Phi) is 5.02. The summed E-state index contributed by atoms with van der Waals surface area (Å²) >= 11 is 0. The number of carbonyl (C=O) groups is 2. The number of carboxylic acid groups (broad SMARTS) is 1. The normalized spacial score (nSPS) is 11.6. The third kappa shape index (κ3) is 4.50. The number of amides is 1. The fourth-order valence-electron chi connectivity index (χ4n) is 1.43. The molecule has 0 fully saturated rings. The molecule has 0 aliphatic carbocycles. The summed E-state index contributed by atoms with van der Waals surface area (Å²) in [6.07, 6.45) is 2.74. The molecule has 5 heteroatoms. The topological polar surface area (TPSA) is 66.4 Å². The predicted octanol–water partition coefficient (Wildman–Crippen LogP) is 2.84. The molecule has 0 spiro atoms. The van der Waals surface area contributed by atoms with Gasteiger partial charge in [-0.2, -0.15) is 0 Å². The Morgan fingerprint density at radius 2 is 2.05 bits per heavy atom. The number of nitrogens with one attached hydrogen (secondary N) is 1. The molecule has 0 heterocycles. The van der Waals surface area contributed by atoms with E-state index in [4.69, 9.17) is 5.11 Å². The lowest BCUT2D eigenvalue weighted by molar-refractivity contribution is -0.131. The molecule has 0 radical (unpaired) electrons. The summed E-state index contributed by atoms with van der Waals surface area (Å²) in [4.78, 5) is 22.3. The van der Waals surface area contributed by atoms with Crippen molar-refractivity contribution in [2.45, 2.75) is 32.7 Å². The van der Waals surface area contributed by atoms with E-state index in [2.05, 4.69) is 5.32 Å². The second-order valence-electron chi connectivity index (χ2n) is 5.10. The van der Waals surface area contributed by atoms with Crippen molar-refractivity contribution in [3.05, 3.63) is 41.2 Å². The van der Waals surface area contributed by atoms with E-state index in [1.54, 1.807) is 0 Å². The quantitative estimate of drug-likeness (QED) is 0.814. The first-order valence-corrected chi connectivity index (χ1v) is 6.28. The van der Waals surface area contributed by atoms with Crippen molar-refractivity contribution < 1.29 is 19.1 Å². The van der Waals surface area contributed by atoms with Crippen LogP contribution in [0, 0.1) is 5.82 Å². The summed E-state index contributed by atoms with van der Waals surface area (Å²) in [5.74, 6) is -2.15. The highest BCUT2D eigenvalue weighted by Crippen LogP contribution is 2.14. The molecule has 2 N–H and O–H groups in total. The summed E-state index contributed by atoms with van der Waals surface area (Å²) in [6.45, 7) is 5.71. The van der Waals surface area contributed by atoms with Gasteiger partial charge in [0.25, 0.3) is 5.91 Å². The van der Waals surface area contributed by atoms with Gasteiger partial charge in [-0.1, -0.05) is 13.0 Å². The maximum atomic E-state index is 13.8. The smallest absolute Gasteiger partial charge is 0.328 e. The number of benzene rings is 1. The van der Waals surface area contributed by atoms with Crippen molar-refractivity contribution in [3.63, 3.8) is 0 Å². The van der Waals surface area contributed by atoms with E-state index in [1.165, 1.54) is 12.1 Å². The van der Waals surface area contributed by atoms with Crippen molar-refractivity contribution in [1.82, 2.24) is 5.32 Å². The van der Waals surface area contributed by atoms with Gasteiger partial charge in [0.2, 0.25) is 0 Å². The van der Waals surface area contributed by atoms with Gasteiger partial charge in [0.15, 0.2) is 0 Å². The van der Waals surface area contributed by atoms with E-state index in [1.807, 2.05) is 20.8 Å². The van der Waals surface area contributed by atoms with Crippen LogP contribution < -0.4 is 5.32 Å². The lowest BCUT2D eigenvalue weighted by Crippen LogP contribution is -2.42. The molecular weight excluding hydrogens is 261 g/mol. The number of hydrogen-bond acceptors (Lipinski definition) is 2. The van der Waals surface area contributed by atoms with Crippen LogP contribution >= 0.6 is 0 Å². The minimum absolute atomic E-state index is 0.124. The van der Waals surface area contributed by atoms with Crippen LogP contribution in [0.4, 0.5) is 4.39 Å². The molecule has 108 valence electrons. The van der Waals surface area contributed by atoms with E-state index in [-0.39, 0.29) is 22.6 Å². The van der Waals surface area contributed by atoms with Crippen molar-refractivity contribution >= 4 is 18.0 Å². The van der Waals surface area contributed by atoms with Crippen LogP contribution in [0.1, 0.15) is 43.1 Å². The molecule has 1 amide bonds. The number of rotatable bonds is 5. The molecule has 0 saturated heterocycles. The molecule has 4 nitrogen and oxygen atoms in total. The van der Waals surface area contributed by atoms with Gasteiger partial charge in [-0.05, 0) is 38.5 Å². The molecule has 0 bridgehead atoms. The van der Waals surface area contributed by atoms with Gasteiger partial charge in [-0.3, -0.25) is 4.79 Å². The summed E-state index contributed by atoms with van der Waals surface area (Å²) in [5, 5.41) is 11.3.